The zero-order chi connectivity index (χ0) is 15.3. The van der Waals surface area contributed by atoms with E-state index in [0.29, 0.717) is 17.2 Å². The molecule has 3 aromatic rings. The number of hydrogen-bond donors (Lipinski definition) is 2. The first-order valence-electron chi connectivity index (χ1n) is 6.67. The number of methoxy groups -OCH3 is 1. The fraction of sp³-hybridized carbons (Fsp3) is 0.0625. The zero-order valence-electron chi connectivity index (χ0n) is 11.7. The maximum absolute atomic E-state index is 13.5. The van der Waals surface area contributed by atoms with E-state index in [-0.39, 0.29) is 5.82 Å². The molecule has 1 aliphatic rings. The van der Waals surface area contributed by atoms with Crippen molar-refractivity contribution in [1.29, 1.82) is 0 Å². The van der Waals surface area contributed by atoms with E-state index in [9.17, 15) is 4.39 Å². The topological polar surface area (TPSA) is 59.6 Å². The SMILES string of the molecule is COc1ccc2c3c(sc2c1)Nc1cc(F)ccc1N=C3N. The molecule has 0 fully saturated rings. The van der Waals surface area contributed by atoms with Crippen molar-refractivity contribution in [3.05, 3.63) is 47.8 Å². The monoisotopic (exact) mass is 313 g/mol. The first-order valence-corrected chi connectivity index (χ1v) is 7.49. The Morgan fingerprint density at radius 3 is 2.91 bits per heavy atom. The molecule has 0 bridgehead atoms. The van der Waals surface area contributed by atoms with Gasteiger partial charge in [0.25, 0.3) is 0 Å². The smallest absolute Gasteiger partial charge is 0.135 e. The molecule has 0 spiro atoms. The van der Waals surface area contributed by atoms with Gasteiger partial charge in [-0.05, 0) is 36.4 Å². The van der Waals surface area contributed by atoms with Gasteiger partial charge in [0.05, 0.1) is 24.0 Å². The van der Waals surface area contributed by atoms with Crippen LogP contribution in [0.1, 0.15) is 5.56 Å². The number of ether oxygens (including phenoxy) is 1. The summed E-state index contributed by atoms with van der Waals surface area (Å²) in [7, 11) is 1.63. The Hall–Kier alpha value is -2.60. The first kappa shape index (κ1) is 13.1. The molecule has 2 aromatic carbocycles. The number of benzene rings is 2. The van der Waals surface area contributed by atoms with Gasteiger partial charge in [-0.3, -0.25) is 0 Å². The number of amidine groups is 1. The third-order valence-electron chi connectivity index (χ3n) is 3.60. The van der Waals surface area contributed by atoms with E-state index in [0.717, 1.165) is 26.4 Å². The highest BCUT2D eigenvalue weighted by Gasteiger charge is 2.20. The van der Waals surface area contributed by atoms with Gasteiger partial charge < -0.3 is 15.8 Å². The minimum atomic E-state index is -0.314. The number of fused-ring (bicyclic) bond motifs is 4. The van der Waals surface area contributed by atoms with Crippen LogP contribution < -0.4 is 15.8 Å². The highest BCUT2D eigenvalue weighted by molar-refractivity contribution is 7.23. The Morgan fingerprint density at radius 1 is 1.23 bits per heavy atom. The van der Waals surface area contributed by atoms with E-state index in [1.807, 2.05) is 18.2 Å². The molecular formula is C16H12FN3OS. The molecule has 1 aliphatic heterocycles. The lowest BCUT2D eigenvalue weighted by molar-refractivity contribution is 0.415. The largest absolute Gasteiger partial charge is 0.497 e. The second kappa shape index (κ2) is 4.71. The van der Waals surface area contributed by atoms with Crippen LogP contribution in [0.4, 0.5) is 20.8 Å². The van der Waals surface area contributed by atoms with Crippen LogP contribution in [-0.2, 0) is 0 Å². The number of anilines is 2. The van der Waals surface area contributed by atoms with Crippen molar-refractivity contribution in [1.82, 2.24) is 0 Å². The lowest BCUT2D eigenvalue weighted by Crippen LogP contribution is -2.12. The maximum atomic E-state index is 13.5. The van der Waals surface area contributed by atoms with Crippen LogP contribution in [0.3, 0.4) is 0 Å². The predicted octanol–water partition coefficient (Wildman–Crippen LogP) is 4.14. The number of nitrogens with one attached hydrogen (secondary N) is 1. The van der Waals surface area contributed by atoms with Gasteiger partial charge in [0.15, 0.2) is 0 Å². The van der Waals surface area contributed by atoms with Crippen molar-refractivity contribution in [2.75, 3.05) is 12.4 Å². The lowest BCUT2D eigenvalue weighted by atomic mass is 10.1. The van der Waals surface area contributed by atoms with Gasteiger partial charge in [0.2, 0.25) is 0 Å². The Morgan fingerprint density at radius 2 is 2.09 bits per heavy atom. The van der Waals surface area contributed by atoms with Crippen molar-refractivity contribution in [3.63, 3.8) is 0 Å². The van der Waals surface area contributed by atoms with E-state index < -0.39 is 0 Å². The van der Waals surface area contributed by atoms with Crippen molar-refractivity contribution in [2.45, 2.75) is 0 Å². The number of hydrogen-bond acceptors (Lipinski definition) is 5. The molecule has 0 amide bonds. The summed E-state index contributed by atoms with van der Waals surface area (Å²) in [4.78, 5) is 4.43. The van der Waals surface area contributed by atoms with E-state index in [2.05, 4.69) is 10.3 Å². The molecule has 0 aliphatic carbocycles. The molecule has 0 saturated carbocycles. The molecule has 22 heavy (non-hydrogen) atoms. The third-order valence-corrected chi connectivity index (χ3v) is 4.67. The number of nitrogens with two attached hydrogens (primary N) is 1. The average Bonchev–Trinajstić information content (AvgIpc) is 2.80. The molecule has 110 valence electrons. The number of aliphatic imine (C=N–C) groups is 1. The van der Waals surface area contributed by atoms with E-state index >= 15 is 0 Å². The van der Waals surface area contributed by atoms with E-state index in [1.54, 1.807) is 24.5 Å². The average molecular weight is 313 g/mol. The zero-order valence-corrected chi connectivity index (χ0v) is 12.5. The highest BCUT2D eigenvalue weighted by atomic mass is 32.1. The quantitative estimate of drug-likeness (QED) is 0.709. The number of rotatable bonds is 1. The van der Waals surface area contributed by atoms with Crippen LogP contribution in [-0.4, -0.2) is 12.9 Å². The van der Waals surface area contributed by atoms with Crippen molar-refractivity contribution in [3.8, 4) is 5.75 Å². The molecule has 4 nitrogen and oxygen atoms in total. The number of halogens is 1. The molecule has 0 unspecified atom stereocenters. The van der Waals surface area contributed by atoms with Crippen LogP contribution in [0, 0.1) is 5.82 Å². The van der Waals surface area contributed by atoms with Gasteiger partial charge in [-0.15, -0.1) is 11.3 Å². The number of nitrogens with zero attached hydrogens (tertiary/aromatic N) is 1. The summed E-state index contributed by atoms with van der Waals surface area (Å²) in [6, 6.07) is 10.2. The van der Waals surface area contributed by atoms with Crippen molar-refractivity contribution < 1.29 is 9.13 Å². The summed E-state index contributed by atoms with van der Waals surface area (Å²) >= 11 is 1.54. The first-order chi connectivity index (χ1) is 10.7. The Balaban J connectivity index is 1.97. The Labute approximate surface area is 130 Å². The number of thiophene rings is 1. The van der Waals surface area contributed by atoms with E-state index in [4.69, 9.17) is 10.5 Å². The second-order valence-corrected chi connectivity index (χ2v) is 6.00. The summed E-state index contributed by atoms with van der Waals surface area (Å²) in [6.45, 7) is 0. The summed E-state index contributed by atoms with van der Waals surface area (Å²) in [5, 5.41) is 5.10. The third kappa shape index (κ3) is 1.92. The summed E-state index contributed by atoms with van der Waals surface area (Å²) < 4.78 is 19.8. The molecule has 6 heteroatoms. The fourth-order valence-electron chi connectivity index (χ4n) is 2.56. The standard InChI is InChI=1S/C16H12FN3OS/c1-21-9-3-4-10-13(7-9)22-16-14(10)15(18)19-11-5-2-8(17)6-12(11)20-16/h2-7,20H,1H3,(H2,18,19). The normalized spacial score (nSPS) is 12.9. The second-order valence-electron chi connectivity index (χ2n) is 4.95. The molecule has 0 radical (unpaired) electrons. The van der Waals surface area contributed by atoms with E-state index in [1.165, 1.54) is 12.1 Å². The van der Waals surface area contributed by atoms with Crippen LogP contribution in [0.2, 0.25) is 0 Å². The molecule has 0 saturated heterocycles. The highest BCUT2D eigenvalue weighted by Crippen LogP contribution is 2.43. The minimum absolute atomic E-state index is 0.314. The molecule has 0 atom stereocenters. The molecule has 3 N–H and O–H groups in total. The summed E-state index contributed by atoms with van der Waals surface area (Å²) in [6.07, 6.45) is 0. The molecular weight excluding hydrogens is 301 g/mol. The van der Waals surface area contributed by atoms with Gasteiger partial charge in [-0.1, -0.05) is 0 Å². The Kier molecular flexibility index (Phi) is 2.80. The van der Waals surface area contributed by atoms with Crippen molar-refractivity contribution in [2.24, 2.45) is 10.7 Å². The maximum Gasteiger partial charge on any atom is 0.135 e. The van der Waals surface area contributed by atoms with Crippen LogP contribution in [0.15, 0.2) is 41.4 Å². The van der Waals surface area contributed by atoms with Crippen LogP contribution in [0.25, 0.3) is 10.1 Å². The van der Waals surface area contributed by atoms with Crippen LogP contribution >= 0.6 is 11.3 Å². The predicted molar refractivity (Wildman–Crippen MR) is 88.4 cm³/mol. The van der Waals surface area contributed by atoms with Gasteiger partial charge in [-0.25, -0.2) is 9.38 Å². The molecule has 2 heterocycles. The van der Waals surface area contributed by atoms with Gasteiger partial charge >= 0.3 is 0 Å². The van der Waals surface area contributed by atoms with Crippen LogP contribution in [0.5, 0.6) is 5.75 Å². The summed E-state index contributed by atoms with van der Waals surface area (Å²) in [5.74, 6) is 0.890. The Bertz CT molecular complexity index is 933. The van der Waals surface area contributed by atoms with Crippen molar-refractivity contribution >= 4 is 43.6 Å². The fourth-order valence-corrected chi connectivity index (χ4v) is 3.71. The molecule has 1 aromatic heterocycles. The molecule has 4 rings (SSSR count). The summed E-state index contributed by atoms with van der Waals surface area (Å²) in [5.41, 5.74) is 8.26. The van der Waals surface area contributed by atoms with Gasteiger partial charge in [-0.2, -0.15) is 0 Å². The minimum Gasteiger partial charge on any atom is -0.497 e. The van der Waals surface area contributed by atoms with Gasteiger partial charge in [0, 0.05) is 10.1 Å². The van der Waals surface area contributed by atoms with Gasteiger partial charge in [0.1, 0.15) is 22.4 Å². The lowest BCUT2D eigenvalue weighted by Gasteiger charge is -2.05.